The highest BCUT2D eigenvalue weighted by Gasteiger charge is 1.99. The molecule has 4 N–H and O–H groups in total. The molecule has 0 aliphatic rings. The summed E-state index contributed by atoms with van der Waals surface area (Å²) in [5.74, 6) is -1.90. The van der Waals surface area contributed by atoms with Crippen LogP contribution in [0.2, 0.25) is 0 Å². The minimum Gasteiger partial charge on any atom is -0.481 e. The summed E-state index contributed by atoms with van der Waals surface area (Å²) in [6, 6.07) is 0. The van der Waals surface area contributed by atoms with Crippen molar-refractivity contribution in [2.75, 3.05) is 13.2 Å². The lowest BCUT2D eigenvalue weighted by atomic mass is 10.2. The van der Waals surface area contributed by atoms with E-state index in [0.29, 0.717) is 6.42 Å². The van der Waals surface area contributed by atoms with Gasteiger partial charge in [0.05, 0.1) is 0 Å². The van der Waals surface area contributed by atoms with Crippen molar-refractivity contribution in [3.05, 3.63) is 0 Å². The largest absolute Gasteiger partial charge is 0.481 e. The molecular formula is C8H16O6. The molecule has 6 heteroatoms. The fourth-order valence-corrected chi connectivity index (χ4v) is 0.462. The normalized spacial score (nSPS) is 8.71. The summed E-state index contributed by atoms with van der Waals surface area (Å²) in [5.41, 5.74) is 0. The number of hydrogen-bond acceptors (Lipinski definition) is 4. The van der Waals surface area contributed by atoms with Gasteiger partial charge in [0.15, 0.2) is 0 Å². The Morgan fingerprint density at radius 2 is 1.14 bits per heavy atom. The zero-order chi connectivity index (χ0) is 11.4. The van der Waals surface area contributed by atoms with Gasteiger partial charge in [-0.3, -0.25) is 9.59 Å². The number of aliphatic carboxylic acids is 2. The van der Waals surface area contributed by atoms with Crippen molar-refractivity contribution in [2.24, 2.45) is 0 Å². The summed E-state index contributed by atoms with van der Waals surface area (Å²) < 4.78 is 0. The average Bonchev–Trinajstić information content (AvgIpc) is 2.05. The quantitative estimate of drug-likeness (QED) is 0.476. The molecule has 0 aliphatic carbocycles. The highest BCUT2D eigenvalue weighted by Crippen LogP contribution is 1.93. The average molecular weight is 208 g/mol. The van der Waals surface area contributed by atoms with Gasteiger partial charge in [0.25, 0.3) is 0 Å². The third-order valence-corrected chi connectivity index (χ3v) is 1.10. The smallest absolute Gasteiger partial charge is 0.303 e. The lowest BCUT2D eigenvalue weighted by Crippen LogP contribution is -1.98. The van der Waals surface area contributed by atoms with E-state index in [-0.39, 0.29) is 32.5 Å². The molecule has 6 nitrogen and oxygen atoms in total. The number of carbonyl (C=O) groups is 2. The second-order valence-electron chi connectivity index (χ2n) is 2.44. The van der Waals surface area contributed by atoms with Crippen molar-refractivity contribution in [1.29, 1.82) is 0 Å². The Morgan fingerprint density at radius 3 is 1.29 bits per heavy atom. The Balaban J connectivity index is 0. The van der Waals surface area contributed by atoms with E-state index in [2.05, 4.69) is 0 Å². The summed E-state index contributed by atoms with van der Waals surface area (Å²) in [5, 5.41) is 31.9. The third-order valence-electron chi connectivity index (χ3n) is 1.10. The van der Waals surface area contributed by atoms with Crippen molar-refractivity contribution in [3.8, 4) is 0 Å². The first-order valence-electron chi connectivity index (χ1n) is 4.20. The zero-order valence-electron chi connectivity index (χ0n) is 7.85. The van der Waals surface area contributed by atoms with Gasteiger partial charge >= 0.3 is 11.9 Å². The SMILES string of the molecule is O=C(O)CCCC(=O)O.OCCCO. The van der Waals surface area contributed by atoms with Crippen molar-refractivity contribution >= 4 is 11.9 Å². The molecule has 0 radical (unpaired) electrons. The molecule has 14 heavy (non-hydrogen) atoms. The highest BCUT2D eigenvalue weighted by atomic mass is 16.4. The first-order chi connectivity index (χ1) is 6.54. The van der Waals surface area contributed by atoms with Gasteiger partial charge in [-0.2, -0.15) is 0 Å². The molecule has 0 spiro atoms. The molecule has 0 bridgehead atoms. The number of rotatable bonds is 6. The van der Waals surface area contributed by atoms with Gasteiger partial charge in [-0.05, 0) is 12.8 Å². The predicted molar refractivity (Wildman–Crippen MR) is 47.9 cm³/mol. The van der Waals surface area contributed by atoms with E-state index in [1.165, 1.54) is 0 Å². The monoisotopic (exact) mass is 208 g/mol. The lowest BCUT2D eigenvalue weighted by Gasteiger charge is -1.89. The molecule has 84 valence electrons. The molecule has 0 atom stereocenters. The van der Waals surface area contributed by atoms with E-state index in [0.717, 1.165) is 0 Å². The van der Waals surface area contributed by atoms with Gasteiger partial charge < -0.3 is 20.4 Å². The zero-order valence-corrected chi connectivity index (χ0v) is 7.85. The van der Waals surface area contributed by atoms with Crippen LogP contribution in [0.3, 0.4) is 0 Å². The van der Waals surface area contributed by atoms with Gasteiger partial charge in [-0.1, -0.05) is 0 Å². The van der Waals surface area contributed by atoms with Crippen LogP contribution in [0.15, 0.2) is 0 Å². The first-order valence-corrected chi connectivity index (χ1v) is 4.20. The van der Waals surface area contributed by atoms with Crippen molar-refractivity contribution in [2.45, 2.75) is 25.7 Å². The fraction of sp³-hybridized carbons (Fsp3) is 0.750. The number of carboxylic acid groups (broad SMARTS) is 2. The van der Waals surface area contributed by atoms with Crippen LogP contribution in [0.1, 0.15) is 25.7 Å². The molecular weight excluding hydrogens is 192 g/mol. The molecule has 0 aromatic carbocycles. The first kappa shape index (κ1) is 15.3. The van der Waals surface area contributed by atoms with Crippen LogP contribution in [-0.4, -0.2) is 45.6 Å². The summed E-state index contributed by atoms with van der Waals surface area (Å²) in [6.07, 6.45) is 0.587. The third kappa shape index (κ3) is 22.4. The number of hydrogen-bond donors (Lipinski definition) is 4. The van der Waals surface area contributed by atoms with Gasteiger partial charge in [0, 0.05) is 26.1 Å². The van der Waals surface area contributed by atoms with E-state index >= 15 is 0 Å². The molecule has 0 amide bonds. The Kier molecular flexibility index (Phi) is 13.0. The Labute approximate surface area is 81.8 Å². The predicted octanol–water partition coefficient (Wildman–Crippen LogP) is -0.313. The van der Waals surface area contributed by atoms with E-state index in [1.807, 2.05) is 0 Å². The van der Waals surface area contributed by atoms with Gasteiger partial charge in [0.1, 0.15) is 0 Å². The molecule has 0 aliphatic heterocycles. The topological polar surface area (TPSA) is 115 Å². The Bertz CT molecular complexity index is 140. The summed E-state index contributed by atoms with van der Waals surface area (Å²) in [7, 11) is 0. The molecule has 0 saturated heterocycles. The summed E-state index contributed by atoms with van der Waals surface area (Å²) in [4.78, 5) is 19.6. The Hall–Kier alpha value is -1.14. The van der Waals surface area contributed by atoms with Gasteiger partial charge in [0.2, 0.25) is 0 Å². The lowest BCUT2D eigenvalue weighted by molar-refractivity contribution is -0.138. The molecule has 0 saturated carbocycles. The van der Waals surface area contributed by atoms with Crippen molar-refractivity contribution in [3.63, 3.8) is 0 Å². The second kappa shape index (κ2) is 11.9. The van der Waals surface area contributed by atoms with Crippen LogP contribution >= 0.6 is 0 Å². The van der Waals surface area contributed by atoms with Gasteiger partial charge in [-0.15, -0.1) is 0 Å². The molecule has 0 unspecified atom stereocenters. The second-order valence-corrected chi connectivity index (χ2v) is 2.44. The van der Waals surface area contributed by atoms with Crippen molar-refractivity contribution in [1.82, 2.24) is 0 Å². The standard InChI is InChI=1S/C5H8O4.C3H8O2/c6-4(7)2-1-3-5(8)9;4-2-1-3-5/h1-3H2,(H,6,7)(H,8,9);4-5H,1-3H2. The van der Waals surface area contributed by atoms with Crippen LogP contribution < -0.4 is 0 Å². The summed E-state index contributed by atoms with van der Waals surface area (Å²) >= 11 is 0. The van der Waals surface area contributed by atoms with Crippen molar-refractivity contribution < 1.29 is 30.0 Å². The van der Waals surface area contributed by atoms with Crippen LogP contribution in [0.25, 0.3) is 0 Å². The molecule has 0 fully saturated rings. The Morgan fingerprint density at radius 1 is 0.786 bits per heavy atom. The van der Waals surface area contributed by atoms with E-state index < -0.39 is 11.9 Å². The van der Waals surface area contributed by atoms with Gasteiger partial charge in [-0.25, -0.2) is 0 Å². The van der Waals surface area contributed by atoms with Crippen LogP contribution in [0.4, 0.5) is 0 Å². The highest BCUT2D eigenvalue weighted by molar-refractivity contribution is 5.69. The summed E-state index contributed by atoms with van der Waals surface area (Å²) in [6.45, 7) is 0.188. The number of aliphatic hydroxyl groups is 2. The molecule has 0 rings (SSSR count). The van der Waals surface area contributed by atoms with Crippen LogP contribution in [-0.2, 0) is 9.59 Å². The maximum Gasteiger partial charge on any atom is 0.303 e. The minimum absolute atomic E-state index is 0.0632. The maximum atomic E-state index is 9.79. The molecule has 0 aromatic heterocycles. The minimum atomic E-state index is -0.948. The van der Waals surface area contributed by atoms with E-state index in [4.69, 9.17) is 20.4 Å². The fourth-order valence-electron chi connectivity index (χ4n) is 0.462. The van der Waals surface area contributed by atoms with E-state index in [9.17, 15) is 9.59 Å². The maximum absolute atomic E-state index is 9.79. The van der Waals surface area contributed by atoms with Crippen LogP contribution in [0, 0.1) is 0 Å². The molecule has 0 heterocycles. The number of carboxylic acids is 2. The number of aliphatic hydroxyl groups excluding tert-OH is 2. The molecule has 0 aromatic rings. The van der Waals surface area contributed by atoms with E-state index in [1.54, 1.807) is 0 Å². The van der Waals surface area contributed by atoms with Crippen LogP contribution in [0.5, 0.6) is 0 Å².